The van der Waals surface area contributed by atoms with Crippen LogP contribution in [0.15, 0.2) is 60.7 Å². The van der Waals surface area contributed by atoms with E-state index in [4.69, 9.17) is 0 Å². The molecule has 1 N–H and O–H groups in total. The topological polar surface area (TPSA) is 84.1 Å². The maximum Gasteiger partial charge on any atom is 0.194 e. The molecular formula is C26H17NO4. The Morgan fingerprint density at radius 3 is 1.29 bits per heavy atom. The standard InChI is InChI=1S/C26H17NO4/c1-13-23(19-11-21(28)15-7-3-5-9-17(15)25(19)30)24(14(2)27-13)20-12-22(29)16-8-4-6-10-18(16)26(20)31/h3-12,27H,1-2H3. The van der Waals surface area contributed by atoms with Crippen molar-refractivity contribution in [2.24, 2.45) is 0 Å². The van der Waals surface area contributed by atoms with Crippen LogP contribution in [0.5, 0.6) is 0 Å². The third-order valence-corrected chi connectivity index (χ3v) is 5.83. The first-order chi connectivity index (χ1) is 14.9. The molecule has 0 spiro atoms. The summed E-state index contributed by atoms with van der Waals surface area (Å²) >= 11 is 0. The fraction of sp³-hybridized carbons (Fsp3) is 0.0769. The van der Waals surface area contributed by atoms with Gasteiger partial charge in [-0.25, -0.2) is 0 Å². The Balaban J connectivity index is 1.72. The Labute approximate surface area is 178 Å². The first kappa shape index (κ1) is 18.9. The third kappa shape index (κ3) is 2.70. The number of benzene rings is 2. The van der Waals surface area contributed by atoms with Crippen LogP contribution in [0.1, 0.15) is 63.9 Å². The van der Waals surface area contributed by atoms with E-state index < -0.39 is 0 Å². The van der Waals surface area contributed by atoms with Crippen LogP contribution >= 0.6 is 0 Å². The number of H-pyrrole nitrogens is 1. The highest BCUT2D eigenvalue weighted by molar-refractivity contribution is 6.42. The summed E-state index contributed by atoms with van der Waals surface area (Å²) < 4.78 is 0. The minimum absolute atomic E-state index is 0.223. The van der Waals surface area contributed by atoms with E-state index in [0.717, 1.165) is 0 Å². The highest BCUT2D eigenvalue weighted by Crippen LogP contribution is 2.38. The second kappa shape index (κ2) is 6.71. The van der Waals surface area contributed by atoms with Crippen molar-refractivity contribution in [1.29, 1.82) is 0 Å². The molecule has 1 aromatic heterocycles. The van der Waals surface area contributed by atoms with E-state index in [1.807, 2.05) is 0 Å². The molecule has 150 valence electrons. The number of nitrogens with one attached hydrogen (secondary N) is 1. The summed E-state index contributed by atoms with van der Waals surface area (Å²) in [6, 6.07) is 13.4. The van der Waals surface area contributed by atoms with Gasteiger partial charge in [-0.2, -0.15) is 0 Å². The molecule has 1 heterocycles. The average molecular weight is 407 g/mol. The van der Waals surface area contributed by atoms with Gasteiger partial charge in [0, 0.05) is 55.9 Å². The number of allylic oxidation sites excluding steroid dienone is 4. The Kier molecular flexibility index (Phi) is 4.08. The maximum atomic E-state index is 13.3. The lowest BCUT2D eigenvalue weighted by atomic mass is 9.80. The SMILES string of the molecule is Cc1[nH]c(C)c(C2=CC(=O)c3ccccc3C2=O)c1C1=CC(=O)c2ccccc2C1=O. The molecule has 0 atom stereocenters. The third-order valence-electron chi connectivity index (χ3n) is 5.83. The number of carbonyl (C=O) groups excluding carboxylic acids is 4. The molecular weight excluding hydrogens is 390 g/mol. The summed E-state index contributed by atoms with van der Waals surface area (Å²) in [5.74, 6) is -1.09. The fourth-order valence-corrected chi connectivity index (χ4v) is 4.46. The molecule has 0 aliphatic heterocycles. The largest absolute Gasteiger partial charge is 0.362 e. The molecule has 0 amide bonds. The van der Waals surface area contributed by atoms with Crippen molar-refractivity contribution in [2.75, 3.05) is 0 Å². The van der Waals surface area contributed by atoms with Crippen LogP contribution in [0.4, 0.5) is 0 Å². The molecule has 5 heteroatoms. The van der Waals surface area contributed by atoms with Gasteiger partial charge in [0.1, 0.15) is 0 Å². The summed E-state index contributed by atoms with van der Waals surface area (Å²) in [5, 5.41) is 0. The molecule has 0 unspecified atom stereocenters. The van der Waals surface area contributed by atoms with Gasteiger partial charge in [0.05, 0.1) is 0 Å². The number of hydrogen-bond donors (Lipinski definition) is 1. The van der Waals surface area contributed by atoms with Crippen LogP contribution in [0.2, 0.25) is 0 Å². The van der Waals surface area contributed by atoms with Gasteiger partial charge in [-0.3, -0.25) is 19.2 Å². The van der Waals surface area contributed by atoms with E-state index in [-0.39, 0.29) is 34.3 Å². The van der Waals surface area contributed by atoms with Crippen molar-refractivity contribution in [2.45, 2.75) is 13.8 Å². The molecule has 0 saturated carbocycles. The number of aromatic amines is 1. The van der Waals surface area contributed by atoms with Crippen molar-refractivity contribution < 1.29 is 19.2 Å². The summed E-state index contributed by atoms with van der Waals surface area (Å²) in [5.41, 5.74) is 4.10. The molecule has 0 saturated heterocycles. The first-order valence-electron chi connectivity index (χ1n) is 9.88. The Morgan fingerprint density at radius 1 is 0.548 bits per heavy atom. The summed E-state index contributed by atoms with van der Waals surface area (Å²) in [6.07, 6.45) is 2.65. The predicted octanol–water partition coefficient (Wildman–Crippen LogP) is 4.56. The van der Waals surface area contributed by atoms with Gasteiger partial charge >= 0.3 is 0 Å². The second-order valence-corrected chi connectivity index (χ2v) is 7.72. The lowest BCUT2D eigenvalue weighted by Crippen LogP contribution is -2.19. The van der Waals surface area contributed by atoms with E-state index in [1.54, 1.807) is 62.4 Å². The average Bonchev–Trinajstić information content (AvgIpc) is 3.06. The molecule has 5 nitrogen and oxygen atoms in total. The number of hydrogen-bond acceptors (Lipinski definition) is 4. The highest BCUT2D eigenvalue weighted by Gasteiger charge is 2.34. The fourth-order valence-electron chi connectivity index (χ4n) is 4.46. The summed E-state index contributed by atoms with van der Waals surface area (Å²) in [6.45, 7) is 3.57. The number of ketones is 4. The van der Waals surface area contributed by atoms with Crippen LogP contribution in [0, 0.1) is 13.8 Å². The van der Waals surface area contributed by atoms with Crippen molar-refractivity contribution >= 4 is 34.3 Å². The van der Waals surface area contributed by atoms with Gasteiger partial charge in [-0.15, -0.1) is 0 Å². The van der Waals surface area contributed by atoms with E-state index in [2.05, 4.69) is 4.98 Å². The number of fused-ring (bicyclic) bond motifs is 2. The van der Waals surface area contributed by atoms with Crippen LogP contribution < -0.4 is 0 Å². The van der Waals surface area contributed by atoms with E-state index >= 15 is 0 Å². The summed E-state index contributed by atoms with van der Waals surface area (Å²) in [4.78, 5) is 55.2. The molecule has 0 radical (unpaired) electrons. The number of Topliss-reactive ketones (excluding diaryl/α,β-unsaturated/α-hetero) is 2. The molecule has 2 aliphatic rings. The minimum atomic E-state index is -0.283. The minimum Gasteiger partial charge on any atom is -0.362 e. The van der Waals surface area contributed by atoms with E-state index in [0.29, 0.717) is 44.8 Å². The van der Waals surface area contributed by atoms with Crippen LogP contribution in [-0.4, -0.2) is 28.1 Å². The van der Waals surface area contributed by atoms with E-state index in [1.165, 1.54) is 12.2 Å². The Hall–Kier alpha value is -4.12. The first-order valence-corrected chi connectivity index (χ1v) is 9.88. The number of rotatable bonds is 2. The zero-order chi connectivity index (χ0) is 21.9. The zero-order valence-electron chi connectivity index (χ0n) is 16.9. The molecule has 0 fully saturated rings. The lowest BCUT2D eigenvalue weighted by molar-refractivity contribution is 0.100. The summed E-state index contributed by atoms with van der Waals surface area (Å²) in [7, 11) is 0. The molecule has 2 aliphatic carbocycles. The van der Waals surface area contributed by atoms with Crippen LogP contribution in [0.3, 0.4) is 0 Å². The normalized spacial score (nSPS) is 15.4. The lowest BCUT2D eigenvalue weighted by Gasteiger charge is -2.19. The van der Waals surface area contributed by atoms with Gasteiger partial charge in [0.2, 0.25) is 0 Å². The molecule has 5 rings (SSSR count). The smallest absolute Gasteiger partial charge is 0.194 e. The number of aromatic nitrogens is 1. The molecule has 3 aromatic rings. The Morgan fingerprint density at radius 2 is 0.903 bits per heavy atom. The molecule has 0 bridgehead atoms. The quantitative estimate of drug-likeness (QED) is 0.675. The van der Waals surface area contributed by atoms with Crippen LogP contribution in [0.25, 0.3) is 11.1 Å². The van der Waals surface area contributed by atoms with Crippen molar-refractivity contribution in [3.8, 4) is 0 Å². The van der Waals surface area contributed by atoms with Gasteiger partial charge in [-0.1, -0.05) is 48.5 Å². The van der Waals surface area contributed by atoms with Crippen molar-refractivity contribution in [3.05, 3.63) is 105 Å². The van der Waals surface area contributed by atoms with E-state index in [9.17, 15) is 19.2 Å². The van der Waals surface area contributed by atoms with Gasteiger partial charge in [0.25, 0.3) is 0 Å². The maximum absolute atomic E-state index is 13.3. The second-order valence-electron chi connectivity index (χ2n) is 7.72. The van der Waals surface area contributed by atoms with Crippen molar-refractivity contribution in [1.82, 2.24) is 4.98 Å². The highest BCUT2D eigenvalue weighted by atomic mass is 16.1. The monoisotopic (exact) mass is 407 g/mol. The number of aryl methyl sites for hydroxylation is 2. The van der Waals surface area contributed by atoms with Crippen LogP contribution in [-0.2, 0) is 0 Å². The van der Waals surface area contributed by atoms with Gasteiger partial charge in [-0.05, 0) is 26.0 Å². The zero-order valence-corrected chi connectivity index (χ0v) is 16.9. The molecule has 31 heavy (non-hydrogen) atoms. The Bertz CT molecular complexity index is 1310. The number of carbonyl (C=O) groups is 4. The van der Waals surface area contributed by atoms with Crippen molar-refractivity contribution in [3.63, 3.8) is 0 Å². The van der Waals surface area contributed by atoms with Gasteiger partial charge in [0.15, 0.2) is 23.1 Å². The predicted molar refractivity (Wildman–Crippen MR) is 116 cm³/mol. The van der Waals surface area contributed by atoms with Gasteiger partial charge < -0.3 is 4.98 Å². The molecule has 2 aromatic carbocycles.